The maximum atomic E-state index is 13.0. The summed E-state index contributed by atoms with van der Waals surface area (Å²) in [6.45, 7) is 5.68. The molecule has 0 bridgehead atoms. The highest BCUT2D eigenvalue weighted by atomic mass is 16.6. The molecular formula is C22H31N3O4. The van der Waals surface area contributed by atoms with Gasteiger partial charge >= 0.3 is 6.09 Å². The smallest absolute Gasteiger partial charge is 0.411 e. The van der Waals surface area contributed by atoms with Crippen molar-refractivity contribution in [3.8, 4) is 11.8 Å². The van der Waals surface area contributed by atoms with E-state index in [9.17, 15) is 9.59 Å². The number of carbonyl (C=O) groups excluding carboxylic acids is 2. The lowest BCUT2D eigenvalue weighted by atomic mass is 9.98. The molecule has 2 amide bonds. The number of benzene rings is 1. The molecule has 29 heavy (non-hydrogen) atoms. The number of amides is 2. The third kappa shape index (κ3) is 6.38. The van der Waals surface area contributed by atoms with Crippen molar-refractivity contribution in [1.82, 2.24) is 4.90 Å². The predicted octanol–water partition coefficient (Wildman–Crippen LogP) is 3.61. The van der Waals surface area contributed by atoms with Crippen molar-refractivity contribution < 1.29 is 19.1 Å². The lowest BCUT2D eigenvalue weighted by molar-refractivity contribution is -0.125. The van der Waals surface area contributed by atoms with Gasteiger partial charge in [0.2, 0.25) is 5.91 Å². The SMILES string of the molecule is CC(C)[C@@H](C(N)=O)N(C(=O)OC1CCCCC1)C(C)COc1ccc(C#N)cc1. The maximum absolute atomic E-state index is 13.0. The van der Waals surface area contributed by atoms with Gasteiger partial charge in [0.05, 0.1) is 17.7 Å². The first-order chi connectivity index (χ1) is 13.8. The molecule has 1 unspecified atom stereocenters. The minimum Gasteiger partial charge on any atom is -0.491 e. The van der Waals surface area contributed by atoms with E-state index in [1.165, 1.54) is 4.90 Å². The zero-order chi connectivity index (χ0) is 21.4. The summed E-state index contributed by atoms with van der Waals surface area (Å²) in [5.41, 5.74) is 6.17. The Balaban J connectivity index is 2.12. The molecule has 0 radical (unpaired) electrons. The highest BCUT2D eigenvalue weighted by molar-refractivity contribution is 5.84. The molecule has 1 aliphatic rings. The summed E-state index contributed by atoms with van der Waals surface area (Å²) >= 11 is 0. The van der Waals surface area contributed by atoms with Gasteiger partial charge in [-0.05, 0) is 62.8 Å². The van der Waals surface area contributed by atoms with Crippen molar-refractivity contribution in [3.05, 3.63) is 29.8 Å². The second kappa shape index (κ2) is 10.7. The topological polar surface area (TPSA) is 106 Å². The van der Waals surface area contributed by atoms with Crippen LogP contribution in [0.15, 0.2) is 24.3 Å². The molecule has 2 N–H and O–H groups in total. The lowest BCUT2D eigenvalue weighted by Gasteiger charge is -2.37. The Morgan fingerprint density at radius 1 is 1.17 bits per heavy atom. The van der Waals surface area contributed by atoms with Crippen LogP contribution in [0.25, 0.3) is 0 Å². The van der Waals surface area contributed by atoms with E-state index in [1.807, 2.05) is 20.8 Å². The second-order valence-electron chi connectivity index (χ2n) is 7.94. The molecule has 1 aliphatic carbocycles. The van der Waals surface area contributed by atoms with Gasteiger partial charge < -0.3 is 15.2 Å². The Labute approximate surface area is 172 Å². The number of ether oxygens (including phenoxy) is 2. The van der Waals surface area contributed by atoms with Gasteiger partial charge in [0.15, 0.2) is 0 Å². The fourth-order valence-corrected chi connectivity index (χ4v) is 3.66. The molecule has 0 aromatic heterocycles. The lowest BCUT2D eigenvalue weighted by Crippen LogP contribution is -2.56. The number of carbonyl (C=O) groups is 2. The van der Waals surface area contributed by atoms with Crippen LogP contribution in [-0.4, -0.2) is 41.7 Å². The Bertz CT molecular complexity index is 721. The van der Waals surface area contributed by atoms with E-state index < -0.39 is 24.1 Å². The third-order valence-electron chi connectivity index (χ3n) is 5.20. The van der Waals surface area contributed by atoms with Crippen LogP contribution in [0.5, 0.6) is 5.75 Å². The molecule has 7 heteroatoms. The first-order valence-corrected chi connectivity index (χ1v) is 10.2. The van der Waals surface area contributed by atoms with E-state index in [0.29, 0.717) is 11.3 Å². The fourth-order valence-electron chi connectivity index (χ4n) is 3.66. The molecule has 0 saturated heterocycles. The Kier molecular flexibility index (Phi) is 8.32. The number of nitriles is 1. The third-order valence-corrected chi connectivity index (χ3v) is 5.20. The highest BCUT2D eigenvalue weighted by Gasteiger charge is 2.37. The minimum atomic E-state index is -0.786. The first-order valence-electron chi connectivity index (χ1n) is 10.2. The molecule has 1 saturated carbocycles. The summed E-state index contributed by atoms with van der Waals surface area (Å²) in [4.78, 5) is 26.6. The van der Waals surface area contributed by atoms with Crippen molar-refractivity contribution in [1.29, 1.82) is 5.26 Å². The fraction of sp³-hybridized carbons (Fsp3) is 0.591. The minimum absolute atomic E-state index is 0.119. The molecule has 0 spiro atoms. The van der Waals surface area contributed by atoms with E-state index >= 15 is 0 Å². The molecule has 2 atom stereocenters. The van der Waals surface area contributed by atoms with Gasteiger partial charge in [0, 0.05) is 0 Å². The van der Waals surface area contributed by atoms with E-state index in [2.05, 4.69) is 6.07 Å². The first kappa shape index (κ1) is 22.5. The van der Waals surface area contributed by atoms with Crippen LogP contribution in [0.4, 0.5) is 4.79 Å². The second-order valence-corrected chi connectivity index (χ2v) is 7.94. The Morgan fingerprint density at radius 3 is 2.31 bits per heavy atom. The van der Waals surface area contributed by atoms with E-state index in [0.717, 1.165) is 32.1 Å². The van der Waals surface area contributed by atoms with Crippen LogP contribution >= 0.6 is 0 Å². The average Bonchev–Trinajstić information content (AvgIpc) is 2.70. The van der Waals surface area contributed by atoms with Gasteiger partial charge in [0.1, 0.15) is 24.5 Å². The largest absolute Gasteiger partial charge is 0.491 e. The van der Waals surface area contributed by atoms with Crippen molar-refractivity contribution >= 4 is 12.0 Å². The van der Waals surface area contributed by atoms with Crippen LogP contribution in [0.2, 0.25) is 0 Å². The van der Waals surface area contributed by atoms with Crippen LogP contribution in [0.3, 0.4) is 0 Å². The van der Waals surface area contributed by atoms with E-state index in [4.69, 9.17) is 20.5 Å². The molecule has 1 fully saturated rings. The molecular weight excluding hydrogens is 370 g/mol. The summed E-state index contributed by atoms with van der Waals surface area (Å²) in [7, 11) is 0. The van der Waals surface area contributed by atoms with Crippen molar-refractivity contribution in [2.75, 3.05) is 6.61 Å². The van der Waals surface area contributed by atoms with Crippen molar-refractivity contribution in [2.45, 2.75) is 71.1 Å². The molecule has 7 nitrogen and oxygen atoms in total. The summed E-state index contributed by atoms with van der Waals surface area (Å²) in [5.74, 6) is -0.147. The quantitative estimate of drug-likeness (QED) is 0.716. The van der Waals surface area contributed by atoms with Crippen molar-refractivity contribution in [2.24, 2.45) is 11.7 Å². The van der Waals surface area contributed by atoms with E-state index in [-0.39, 0.29) is 18.6 Å². The molecule has 2 rings (SSSR count). The standard InChI is InChI=1S/C22H31N3O4/c1-15(2)20(21(24)26)25(22(27)29-19-7-5-4-6-8-19)16(3)14-28-18-11-9-17(13-23)10-12-18/h9-12,15-16,19-20H,4-8,14H2,1-3H3,(H2,24,26)/t16?,20-/m0/s1. The predicted molar refractivity (Wildman–Crippen MR) is 109 cm³/mol. The summed E-state index contributed by atoms with van der Waals surface area (Å²) < 4.78 is 11.5. The summed E-state index contributed by atoms with van der Waals surface area (Å²) in [5, 5.41) is 8.89. The number of nitrogens with two attached hydrogens (primary N) is 1. The van der Waals surface area contributed by atoms with Gasteiger partial charge in [-0.25, -0.2) is 4.79 Å². The summed E-state index contributed by atoms with van der Waals surface area (Å²) in [6.07, 6.45) is 4.29. The van der Waals surface area contributed by atoms with Crippen LogP contribution < -0.4 is 10.5 Å². The van der Waals surface area contributed by atoms with Gasteiger partial charge in [-0.1, -0.05) is 20.3 Å². The number of hydrogen-bond donors (Lipinski definition) is 1. The monoisotopic (exact) mass is 401 g/mol. The molecule has 1 aromatic carbocycles. The molecule has 0 heterocycles. The van der Waals surface area contributed by atoms with E-state index in [1.54, 1.807) is 24.3 Å². The van der Waals surface area contributed by atoms with Crippen molar-refractivity contribution in [3.63, 3.8) is 0 Å². The van der Waals surface area contributed by atoms with Crippen LogP contribution in [0, 0.1) is 17.2 Å². The molecule has 1 aromatic rings. The maximum Gasteiger partial charge on any atom is 0.411 e. The number of primary amides is 1. The van der Waals surface area contributed by atoms with Gasteiger partial charge in [-0.3, -0.25) is 9.69 Å². The number of nitrogens with zero attached hydrogens (tertiary/aromatic N) is 2. The van der Waals surface area contributed by atoms with Crippen LogP contribution in [-0.2, 0) is 9.53 Å². The number of rotatable bonds is 8. The highest BCUT2D eigenvalue weighted by Crippen LogP contribution is 2.24. The zero-order valence-electron chi connectivity index (χ0n) is 17.5. The summed E-state index contributed by atoms with van der Waals surface area (Å²) in [6, 6.07) is 7.56. The normalized spacial score (nSPS) is 16.5. The number of hydrogen-bond acceptors (Lipinski definition) is 5. The average molecular weight is 402 g/mol. The Hall–Kier alpha value is -2.75. The zero-order valence-corrected chi connectivity index (χ0v) is 17.5. The van der Waals surface area contributed by atoms with Gasteiger partial charge in [0.25, 0.3) is 0 Å². The Morgan fingerprint density at radius 2 is 1.79 bits per heavy atom. The van der Waals surface area contributed by atoms with Crippen LogP contribution in [0.1, 0.15) is 58.4 Å². The molecule has 0 aliphatic heterocycles. The molecule has 158 valence electrons. The van der Waals surface area contributed by atoms with Gasteiger partial charge in [-0.2, -0.15) is 5.26 Å². The van der Waals surface area contributed by atoms with Gasteiger partial charge in [-0.15, -0.1) is 0 Å².